The summed E-state index contributed by atoms with van der Waals surface area (Å²) in [6.45, 7) is 2.36. The molecule has 1 aromatic carbocycles. The molecule has 0 radical (unpaired) electrons. The molecule has 1 amide bonds. The van der Waals surface area contributed by atoms with Gasteiger partial charge < -0.3 is 14.8 Å². The van der Waals surface area contributed by atoms with Crippen molar-refractivity contribution in [1.29, 1.82) is 0 Å². The van der Waals surface area contributed by atoms with E-state index in [0.29, 0.717) is 25.3 Å². The van der Waals surface area contributed by atoms with E-state index in [1.165, 1.54) is 0 Å². The Morgan fingerprint density at radius 3 is 2.90 bits per heavy atom. The van der Waals surface area contributed by atoms with Crippen molar-refractivity contribution in [2.24, 2.45) is 11.8 Å². The van der Waals surface area contributed by atoms with E-state index in [-0.39, 0.29) is 11.8 Å². The average Bonchev–Trinajstić information content (AvgIpc) is 3.14. The number of carboxylic acid groups (broad SMARTS) is 1. The molecule has 110 valence electrons. The third-order valence-electron chi connectivity index (χ3n) is 3.75. The predicted octanol–water partition coefficient (Wildman–Crippen LogP) is 1.52. The predicted molar refractivity (Wildman–Crippen MR) is 74.7 cm³/mol. The van der Waals surface area contributed by atoms with Gasteiger partial charge in [-0.1, -0.05) is 12.1 Å². The zero-order valence-electron chi connectivity index (χ0n) is 11.6. The van der Waals surface area contributed by atoms with E-state index < -0.39 is 11.9 Å². The number of carbonyl (C=O) groups excluding carboxylic acids is 1. The Kier molecular flexibility index (Phi) is 3.37. The number of para-hydroxylation sites is 1. The zero-order valence-corrected chi connectivity index (χ0v) is 11.6. The first kappa shape index (κ1) is 13.6. The van der Waals surface area contributed by atoms with Gasteiger partial charge in [-0.25, -0.2) is 4.98 Å². The summed E-state index contributed by atoms with van der Waals surface area (Å²) in [7, 11) is 0. The highest BCUT2D eigenvalue weighted by Crippen LogP contribution is 2.38. The van der Waals surface area contributed by atoms with Gasteiger partial charge in [-0.15, -0.1) is 0 Å². The second-order valence-electron chi connectivity index (χ2n) is 5.36. The van der Waals surface area contributed by atoms with Gasteiger partial charge in [0, 0.05) is 13.0 Å². The van der Waals surface area contributed by atoms with Gasteiger partial charge >= 0.3 is 5.97 Å². The maximum Gasteiger partial charge on any atom is 0.307 e. The van der Waals surface area contributed by atoms with Gasteiger partial charge in [0.05, 0.1) is 11.8 Å². The molecule has 1 aliphatic carbocycles. The summed E-state index contributed by atoms with van der Waals surface area (Å²) in [5, 5.41) is 11.5. The molecule has 2 atom stereocenters. The number of hydrogen-bond donors (Lipinski definition) is 2. The van der Waals surface area contributed by atoms with E-state index in [1.807, 2.05) is 25.1 Å². The molecule has 21 heavy (non-hydrogen) atoms. The molecule has 6 heteroatoms. The van der Waals surface area contributed by atoms with Crippen LogP contribution < -0.4 is 5.32 Å². The smallest absolute Gasteiger partial charge is 0.307 e. The van der Waals surface area contributed by atoms with Crippen LogP contribution in [-0.4, -0.2) is 28.5 Å². The zero-order chi connectivity index (χ0) is 15.0. The number of hydrogen-bond acceptors (Lipinski definition) is 4. The Bertz CT molecular complexity index is 707. The number of fused-ring (bicyclic) bond motifs is 1. The fraction of sp³-hybridized carbons (Fsp3) is 0.400. The molecule has 1 aliphatic rings. The number of carboxylic acids is 1. The normalized spacial score (nSPS) is 20.4. The van der Waals surface area contributed by atoms with E-state index in [0.717, 1.165) is 16.7 Å². The number of aliphatic carboxylic acids is 1. The lowest BCUT2D eigenvalue weighted by atomic mass is 10.2. The number of nitrogens with zero attached hydrogens (tertiary/aromatic N) is 1. The summed E-state index contributed by atoms with van der Waals surface area (Å²) in [6, 6.07) is 5.74. The van der Waals surface area contributed by atoms with Crippen LogP contribution in [0.25, 0.3) is 11.1 Å². The second kappa shape index (κ2) is 5.20. The Labute approximate surface area is 121 Å². The summed E-state index contributed by atoms with van der Waals surface area (Å²) in [5.41, 5.74) is 2.63. The number of amides is 1. The quantitative estimate of drug-likeness (QED) is 0.870. The summed E-state index contributed by atoms with van der Waals surface area (Å²) < 4.78 is 5.61. The summed E-state index contributed by atoms with van der Waals surface area (Å²) in [4.78, 5) is 26.8. The number of benzene rings is 1. The van der Waals surface area contributed by atoms with Crippen LogP contribution in [0.2, 0.25) is 0 Å². The molecule has 0 saturated heterocycles. The number of aromatic nitrogens is 1. The summed E-state index contributed by atoms with van der Waals surface area (Å²) in [6.07, 6.45) is 0.924. The van der Waals surface area contributed by atoms with Crippen LogP contribution in [0.15, 0.2) is 22.6 Å². The topological polar surface area (TPSA) is 92.4 Å². The van der Waals surface area contributed by atoms with E-state index >= 15 is 0 Å². The van der Waals surface area contributed by atoms with Gasteiger partial charge in [-0.05, 0) is 25.0 Å². The minimum Gasteiger partial charge on any atom is -0.481 e. The Balaban J connectivity index is 1.54. The number of aryl methyl sites for hydroxylation is 1. The van der Waals surface area contributed by atoms with E-state index in [2.05, 4.69) is 10.3 Å². The summed E-state index contributed by atoms with van der Waals surface area (Å²) >= 11 is 0. The molecule has 6 nitrogen and oxygen atoms in total. The molecule has 1 aromatic heterocycles. The van der Waals surface area contributed by atoms with Crippen molar-refractivity contribution in [2.75, 3.05) is 6.54 Å². The number of rotatable bonds is 5. The first-order valence-electron chi connectivity index (χ1n) is 6.92. The molecular formula is C15H16N2O4. The van der Waals surface area contributed by atoms with E-state index in [4.69, 9.17) is 9.52 Å². The van der Waals surface area contributed by atoms with Crippen molar-refractivity contribution in [3.05, 3.63) is 29.7 Å². The number of nitrogens with one attached hydrogen (secondary N) is 1. The Hall–Kier alpha value is -2.37. The van der Waals surface area contributed by atoms with E-state index in [9.17, 15) is 9.59 Å². The molecule has 0 bridgehead atoms. The second-order valence-corrected chi connectivity index (χ2v) is 5.36. The summed E-state index contributed by atoms with van der Waals surface area (Å²) in [5.74, 6) is -1.42. The number of carbonyl (C=O) groups is 2. The lowest BCUT2D eigenvalue weighted by Crippen LogP contribution is -2.28. The maximum atomic E-state index is 11.7. The minimum absolute atomic E-state index is 0.199. The third-order valence-corrected chi connectivity index (χ3v) is 3.75. The molecular weight excluding hydrogens is 272 g/mol. The first-order chi connectivity index (χ1) is 10.1. The third kappa shape index (κ3) is 2.74. The van der Waals surface area contributed by atoms with Gasteiger partial charge in [-0.3, -0.25) is 9.59 Å². The highest BCUT2D eigenvalue weighted by molar-refractivity contribution is 5.89. The van der Waals surface area contributed by atoms with Gasteiger partial charge in [0.2, 0.25) is 5.91 Å². The van der Waals surface area contributed by atoms with Crippen LogP contribution in [0.3, 0.4) is 0 Å². The highest BCUT2D eigenvalue weighted by Gasteiger charge is 2.48. The van der Waals surface area contributed by atoms with Crippen molar-refractivity contribution < 1.29 is 19.1 Å². The molecule has 0 aliphatic heterocycles. The average molecular weight is 288 g/mol. The van der Waals surface area contributed by atoms with Gasteiger partial charge in [0.25, 0.3) is 0 Å². The van der Waals surface area contributed by atoms with Crippen molar-refractivity contribution >= 4 is 23.0 Å². The molecule has 2 aromatic rings. The lowest BCUT2D eigenvalue weighted by molar-refractivity contribution is -0.140. The maximum absolute atomic E-state index is 11.7. The van der Waals surface area contributed by atoms with Crippen molar-refractivity contribution in [1.82, 2.24) is 10.3 Å². The van der Waals surface area contributed by atoms with Crippen molar-refractivity contribution in [3.8, 4) is 0 Å². The van der Waals surface area contributed by atoms with Gasteiger partial charge in [0.15, 0.2) is 11.5 Å². The molecule has 3 rings (SSSR count). The van der Waals surface area contributed by atoms with Crippen molar-refractivity contribution in [3.63, 3.8) is 0 Å². The Morgan fingerprint density at radius 2 is 2.24 bits per heavy atom. The largest absolute Gasteiger partial charge is 0.481 e. The number of oxazole rings is 1. The van der Waals surface area contributed by atoms with E-state index in [1.54, 1.807) is 0 Å². The molecule has 1 saturated carbocycles. The van der Waals surface area contributed by atoms with Gasteiger partial charge in [0.1, 0.15) is 5.52 Å². The highest BCUT2D eigenvalue weighted by atomic mass is 16.4. The van der Waals surface area contributed by atoms with Gasteiger partial charge in [-0.2, -0.15) is 0 Å². The van der Waals surface area contributed by atoms with Crippen LogP contribution in [0.1, 0.15) is 17.9 Å². The SMILES string of the molecule is Cc1cccc2oc(CCNC(=O)C3CC3C(=O)O)nc12. The molecule has 2 N–H and O–H groups in total. The standard InChI is InChI=1S/C15H16N2O4/c1-8-3-2-4-11-13(8)17-12(21-11)5-6-16-14(18)9-7-10(9)15(19)20/h2-4,9-10H,5-7H2,1H3,(H,16,18)(H,19,20). The van der Waals surface area contributed by atoms with Crippen LogP contribution >= 0.6 is 0 Å². The Morgan fingerprint density at radius 1 is 1.43 bits per heavy atom. The fourth-order valence-electron chi connectivity index (χ4n) is 2.42. The molecule has 1 heterocycles. The van der Waals surface area contributed by atoms with Crippen LogP contribution in [0.4, 0.5) is 0 Å². The lowest BCUT2D eigenvalue weighted by Gasteiger charge is -2.01. The molecule has 1 fully saturated rings. The van der Waals surface area contributed by atoms with Crippen LogP contribution in [-0.2, 0) is 16.0 Å². The molecule has 0 spiro atoms. The van der Waals surface area contributed by atoms with Crippen molar-refractivity contribution in [2.45, 2.75) is 19.8 Å². The van der Waals surface area contributed by atoms with Crippen LogP contribution in [0.5, 0.6) is 0 Å². The fourth-order valence-corrected chi connectivity index (χ4v) is 2.42. The monoisotopic (exact) mass is 288 g/mol. The molecule has 2 unspecified atom stereocenters. The minimum atomic E-state index is -0.899. The first-order valence-corrected chi connectivity index (χ1v) is 6.92. The van der Waals surface area contributed by atoms with Crippen LogP contribution in [0, 0.1) is 18.8 Å².